The lowest BCUT2D eigenvalue weighted by Gasteiger charge is -2.25. The predicted molar refractivity (Wildman–Crippen MR) is 73.3 cm³/mol. The van der Waals surface area contributed by atoms with Crippen LogP contribution in [0.4, 0.5) is 0 Å². The molecule has 0 fully saturated rings. The molecular weight excluding hydrogens is 244 g/mol. The smallest absolute Gasteiger partial charge is 0.123 e. The molecule has 3 heteroatoms. The molecule has 0 amide bonds. The van der Waals surface area contributed by atoms with E-state index in [-0.39, 0.29) is 0 Å². The van der Waals surface area contributed by atoms with Gasteiger partial charge in [-0.05, 0) is 36.8 Å². The zero-order chi connectivity index (χ0) is 12.4. The summed E-state index contributed by atoms with van der Waals surface area (Å²) >= 11 is 1.82. The maximum absolute atomic E-state index is 9.29. The molecule has 0 bridgehead atoms. The number of fused-ring (bicyclic) bond motifs is 1. The number of benzene rings is 2. The van der Waals surface area contributed by atoms with E-state index in [1.54, 1.807) is 12.1 Å². The summed E-state index contributed by atoms with van der Waals surface area (Å²) < 4.78 is 5.66. The summed E-state index contributed by atoms with van der Waals surface area (Å²) in [6.07, 6.45) is 1.02. The number of thioether (sulfide) groups is 1. The second-order valence-electron chi connectivity index (χ2n) is 4.28. The summed E-state index contributed by atoms with van der Waals surface area (Å²) in [4.78, 5) is 1.18. The number of phenols is 1. The van der Waals surface area contributed by atoms with Crippen LogP contribution in [-0.2, 0) is 0 Å². The molecular formula is C15H14O2S. The molecule has 2 aromatic carbocycles. The van der Waals surface area contributed by atoms with Crippen molar-refractivity contribution in [1.29, 1.82) is 0 Å². The third-order valence-corrected chi connectivity index (χ3v) is 4.34. The monoisotopic (exact) mass is 258 g/mol. The first-order chi connectivity index (χ1) is 8.83. The van der Waals surface area contributed by atoms with Gasteiger partial charge in [0.05, 0.1) is 6.61 Å². The van der Waals surface area contributed by atoms with E-state index in [0.717, 1.165) is 18.8 Å². The van der Waals surface area contributed by atoms with Crippen molar-refractivity contribution >= 4 is 11.8 Å². The van der Waals surface area contributed by atoms with Gasteiger partial charge in [-0.25, -0.2) is 0 Å². The minimum Gasteiger partial charge on any atom is -0.508 e. The Hall–Kier alpha value is -1.61. The van der Waals surface area contributed by atoms with Crippen molar-refractivity contribution < 1.29 is 9.84 Å². The quantitative estimate of drug-likeness (QED) is 0.882. The lowest BCUT2D eigenvalue weighted by Crippen LogP contribution is -2.11. The summed E-state index contributed by atoms with van der Waals surface area (Å²) in [6, 6.07) is 15.6. The van der Waals surface area contributed by atoms with Crippen LogP contribution >= 0.6 is 11.8 Å². The third-order valence-electron chi connectivity index (χ3n) is 3.02. The Balaban J connectivity index is 1.84. The molecule has 0 aromatic heterocycles. The Kier molecular flexibility index (Phi) is 3.15. The third kappa shape index (κ3) is 2.31. The molecule has 1 aliphatic rings. The molecule has 92 valence electrons. The highest BCUT2D eigenvalue weighted by atomic mass is 32.2. The second kappa shape index (κ2) is 4.94. The molecule has 1 unspecified atom stereocenters. The molecule has 3 rings (SSSR count). The van der Waals surface area contributed by atoms with Crippen LogP contribution in [0.2, 0.25) is 0 Å². The Morgan fingerprint density at radius 1 is 1.06 bits per heavy atom. The maximum atomic E-state index is 9.29. The molecule has 1 atom stereocenters. The zero-order valence-electron chi connectivity index (χ0n) is 9.87. The van der Waals surface area contributed by atoms with Crippen LogP contribution in [0, 0.1) is 0 Å². The Bertz CT molecular complexity index is 536. The van der Waals surface area contributed by atoms with Crippen LogP contribution in [0.1, 0.15) is 17.2 Å². The number of ether oxygens (including phenoxy) is 1. The molecule has 0 spiro atoms. The first kappa shape index (κ1) is 11.5. The first-order valence-electron chi connectivity index (χ1n) is 6.00. The van der Waals surface area contributed by atoms with E-state index in [9.17, 15) is 5.11 Å². The van der Waals surface area contributed by atoms with Crippen LogP contribution < -0.4 is 4.74 Å². The van der Waals surface area contributed by atoms with Crippen LogP contribution in [-0.4, -0.2) is 11.7 Å². The van der Waals surface area contributed by atoms with Gasteiger partial charge < -0.3 is 9.84 Å². The number of hydrogen-bond donors (Lipinski definition) is 1. The Labute approximate surface area is 111 Å². The summed E-state index contributed by atoms with van der Waals surface area (Å²) in [7, 11) is 0. The minimum atomic E-state index is 0.312. The molecule has 1 heterocycles. The fourth-order valence-corrected chi connectivity index (χ4v) is 3.28. The van der Waals surface area contributed by atoms with E-state index in [4.69, 9.17) is 4.74 Å². The number of hydrogen-bond acceptors (Lipinski definition) is 3. The number of aromatic hydroxyl groups is 1. The van der Waals surface area contributed by atoms with Crippen molar-refractivity contribution in [2.45, 2.75) is 16.6 Å². The van der Waals surface area contributed by atoms with E-state index >= 15 is 0 Å². The van der Waals surface area contributed by atoms with Gasteiger partial charge in [-0.15, -0.1) is 11.8 Å². The maximum Gasteiger partial charge on any atom is 0.123 e. The van der Waals surface area contributed by atoms with Crippen molar-refractivity contribution in [3.8, 4) is 11.5 Å². The van der Waals surface area contributed by atoms with Crippen molar-refractivity contribution in [3.63, 3.8) is 0 Å². The molecule has 1 N–H and O–H groups in total. The summed E-state index contributed by atoms with van der Waals surface area (Å²) in [5, 5.41) is 9.72. The van der Waals surface area contributed by atoms with Gasteiger partial charge in [-0.3, -0.25) is 0 Å². The Morgan fingerprint density at radius 3 is 2.67 bits per heavy atom. The second-order valence-corrected chi connectivity index (χ2v) is 5.55. The molecule has 2 nitrogen and oxygen atoms in total. The first-order valence-corrected chi connectivity index (χ1v) is 6.88. The topological polar surface area (TPSA) is 29.5 Å². The van der Waals surface area contributed by atoms with Gasteiger partial charge in [0.25, 0.3) is 0 Å². The molecule has 18 heavy (non-hydrogen) atoms. The van der Waals surface area contributed by atoms with E-state index in [1.807, 2.05) is 36.0 Å². The minimum absolute atomic E-state index is 0.312. The highest BCUT2D eigenvalue weighted by Crippen LogP contribution is 2.44. The van der Waals surface area contributed by atoms with Crippen molar-refractivity contribution in [1.82, 2.24) is 0 Å². The summed E-state index contributed by atoms with van der Waals surface area (Å²) in [5.74, 6) is 1.31. The zero-order valence-corrected chi connectivity index (χ0v) is 10.7. The highest BCUT2D eigenvalue weighted by molar-refractivity contribution is 7.99. The van der Waals surface area contributed by atoms with E-state index in [0.29, 0.717) is 11.0 Å². The highest BCUT2D eigenvalue weighted by Gasteiger charge is 2.21. The van der Waals surface area contributed by atoms with Gasteiger partial charge in [0, 0.05) is 15.7 Å². The van der Waals surface area contributed by atoms with Gasteiger partial charge in [0.15, 0.2) is 0 Å². The molecule has 0 aliphatic carbocycles. The Morgan fingerprint density at radius 2 is 1.83 bits per heavy atom. The fraction of sp³-hybridized carbons (Fsp3) is 0.200. The predicted octanol–water partition coefficient (Wildman–Crippen LogP) is 4.01. The van der Waals surface area contributed by atoms with Gasteiger partial charge in [0.1, 0.15) is 11.5 Å². The molecule has 0 radical (unpaired) electrons. The molecule has 2 aromatic rings. The van der Waals surface area contributed by atoms with Crippen molar-refractivity contribution in [3.05, 3.63) is 54.1 Å². The van der Waals surface area contributed by atoms with Crippen LogP contribution in [0.25, 0.3) is 0 Å². The average Bonchev–Trinajstić information content (AvgIpc) is 2.42. The van der Waals surface area contributed by atoms with Gasteiger partial charge in [0.2, 0.25) is 0 Å². The van der Waals surface area contributed by atoms with Crippen LogP contribution in [0.15, 0.2) is 53.4 Å². The van der Waals surface area contributed by atoms with E-state index in [2.05, 4.69) is 12.1 Å². The van der Waals surface area contributed by atoms with E-state index in [1.165, 1.54) is 10.5 Å². The fourth-order valence-electron chi connectivity index (χ4n) is 2.12. The number of phenolic OH excluding ortho intramolecular Hbond substituents is 1. The molecule has 1 aliphatic heterocycles. The standard InChI is InChI=1S/C15H14O2S/c16-11-5-7-12(8-6-11)18-15-9-10-17-14-4-2-1-3-13(14)15/h1-8,15-16H,9-10H2. The average molecular weight is 258 g/mol. The SMILES string of the molecule is Oc1ccc(SC2CCOc3ccccc32)cc1. The summed E-state index contributed by atoms with van der Waals surface area (Å²) in [5.41, 5.74) is 1.27. The van der Waals surface area contributed by atoms with Crippen LogP contribution in [0.3, 0.4) is 0 Å². The van der Waals surface area contributed by atoms with Crippen LogP contribution in [0.5, 0.6) is 11.5 Å². The van der Waals surface area contributed by atoms with Gasteiger partial charge in [-0.2, -0.15) is 0 Å². The lowest BCUT2D eigenvalue weighted by molar-refractivity contribution is 0.286. The normalized spacial score (nSPS) is 17.9. The van der Waals surface area contributed by atoms with Crippen molar-refractivity contribution in [2.75, 3.05) is 6.61 Å². The number of rotatable bonds is 2. The van der Waals surface area contributed by atoms with Gasteiger partial charge >= 0.3 is 0 Å². The molecule has 0 saturated carbocycles. The number of para-hydroxylation sites is 1. The summed E-state index contributed by atoms with van der Waals surface area (Å²) in [6.45, 7) is 0.771. The molecule has 0 saturated heterocycles. The largest absolute Gasteiger partial charge is 0.508 e. The van der Waals surface area contributed by atoms with Gasteiger partial charge in [-0.1, -0.05) is 18.2 Å². The van der Waals surface area contributed by atoms with Crippen molar-refractivity contribution in [2.24, 2.45) is 0 Å². The lowest BCUT2D eigenvalue weighted by atomic mass is 10.1. The van der Waals surface area contributed by atoms with E-state index < -0.39 is 0 Å².